The van der Waals surface area contributed by atoms with Crippen molar-refractivity contribution < 1.29 is 23.5 Å². The van der Waals surface area contributed by atoms with Crippen LogP contribution in [-0.4, -0.2) is 72.5 Å². The molecule has 1 aromatic rings. The fourth-order valence-corrected chi connectivity index (χ4v) is 4.47. The van der Waals surface area contributed by atoms with Crippen LogP contribution in [0, 0.1) is 11.2 Å². The highest BCUT2D eigenvalue weighted by Crippen LogP contribution is 2.33. The van der Waals surface area contributed by atoms with Crippen LogP contribution in [0.1, 0.15) is 65.2 Å². The number of amides is 2. The summed E-state index contributed by atoms with van der Waals surface area (Å²) in [4.78, 5) is 33.5. The van der Waals surface area contributed by atoms with Gasteiger partial charge in [0.25, 0.3) is 5.91 Å². The summed E-state index contributed by atoms with van der Waals surface area (Å²) in [7, 11) is 0. The molecule has 2 N–H and O–H groups in total. The third-order valence-electron chi connectivity index (χ3n) is 6.33. The Bertz CT molecular complexity index is 1070. The first-order valence-electron chi connectivity index (χ1n) is 12.8. The van der Waals surface area contributed by atoms with Crippen molar-refractivity contribution in [3.63, 3.8) is 0 Å². The van der Waals surface area contributed by atoms with Gasteiger partial charge in [0.1, 0.15) is 29.7 Å². The number of benzene rings is 1. The molecule has 2 aliphatic rings. The molecule has 0 bridgehead atoms. The number of hydrogen-bond donors (Lipinski definition) is 2. The number of carbonyl (C=O) groups excluding carboxylic acids is 2. The van der Waals surface area contributed by atoms with Gasteiger partial charge < -0.3 is 29.9 Å². The van der Waals surface area contributed by atoms with E-state index in [0.29, 0.717) is 32.1 Å². The predicted octanol–water partition coefficient (Wildman–Crippen LogP) is 4.11. The van der Waals surface area contributed by atoms with Gasteiger partial charge in [0, 0.05) is 37.6 Å². The number of likely N-dealkylation sites (tertiary alicyclic amines) is 1. The fourth-order valence-electron chi connectivity index (χ4n) is 4.47. The molecular formula is C27H40FN5O4. The molecule has 10 heteroatoms. The number of nitrogens with one attached hydrogen (secondary N) is 2. The zero-order valence-electron chi connectivity index (χ0n) is 23.0. The molecule has 0 aliphatic carbocycles. The molecule has 2 heterocycles. The van der Waals surface area contributed by atoms with Gasteiger partial charge in [-0.1, -0.05) is 6.92 Å². The summed E-state index contributed by atoms with van der Waals surface area (Å²) in [5, 5.41) is 6.17. The zero-order chi connectivity index (χ0) is 27.4. The van der Waals surface area contributed by atoms with Crippen molar-refractivity contribution in [2.24, 2.45) is 10.4 Å². The highest BCUT2D eigenvalue weighted by Gasteiger charge is 2.37. The summed E-state index contributed by atoms with van der Waals surface area (Å²) in [5.74, 6) is 0.658. The number of allylic oxidation sites excluding steroid dienone is 1. The lowest BCUT2D eigenvalue weighted by atomic mass is 9.90. The van der Waals surface area contributed by atoms with Crippen molar-refractivity contribution in [1.82, 2.24) is 20.4 Å². The Hall–Kier alpha value is -3.30. The lowest BCUT2D eigenvalue weighted by Crippen LogP contribution is -2.41. The molecule has 1 saturated heterocycles. The minimum atomic E-state index is -0.557. The van der Waals surface area contributed by atoms with Crippen LogP contribution in [0.3, 0.4) is 0 Å². The Labute approximate surface area is 219 Å². The summed E-state index contributed by atoms with van der Waals surface area (Å²) in [6.07, 6.45) is 2.03. The van der Waals surface area contributed by atoms with Crippen LogP contribution in [0.25, 0.3) is 0 Å². The van der Waals surface area contributed by atoms with Crippen LogP contribution in [0.15, 0.2) is 34.8 Å². The van der Waals surface area contributed by atoms with Crippen LogP contribution in [0.4, 0.5) is 9.18 Å². The van der Waals surface area contributed by atoms with Gasteiger partial charge in [0.2, 0.25) is 0 Å². The number of rotatable bonds is 8. The number of nitrogens with zero attached hydrogens (tertiary/aromatic N) is 3. The second kappa shape index (κ2) is 11.4. The van der Waals surface area contributed by atoms with Crippen LogP contribution in [-0.2, 0) is 4.74 Å². The third-order valence-corrected chi connectivity index (χ3v) is 6.33. The van der Waals surface area contributed by atoms with E-state index in [0.717, 1.165) is 18.8 Å². The van der Waals surface area contributed by atoms with Crippen molar-refractivity contribution >= 4 is 18.2 Å². The van der Waals surface area contributed by atoms with E-state index in [2.05, 4.69) is 27.4 Å². The first-order chi connectivity index (χ1) is 17.3. The topological polar surface area (TPSA) is 95.5 Å². The molecule has 37 heavy (non-hydrogen) atoms. The van der Waals surface area contributed by atoms with Gasteiger partial charge in [-0.3, -0.25) is 9.79 Å². The summed E-state index contributed by atoms with van der Waals surface area (Å²) < 4.78 is 25.7. The Kier molecular flexibility index (Phi) is 8.71. The Morgan fingerprint density at radius 1 is 1.32 bits per heavy atom. The van der Waals surface area contributed by atoms with E-state index in [1.165, 1.54) is 18.2 Å². The first kappa shape index (κ1) is 28.3. The zero-order valence-corrected chi connectivity index (χ0v) is 23.0. The molecule has 3 rings (SSSR count). The van der Waals surface area contributed by atoms with E-state index in [4.69, 9.17) is 9.47 Å². The molecule has 2 aliphatic heterocycles. The van der Waals surface area contributed by atoms with Crippen molar-refractivity contribution in [2.75, 3.05) is 32.8 Å². The Morgan fingerprint density at radius 2 is 2.05 bits per heavy atom. The molecule has 0 unspecified atom stereocenters. The predicted molar refractivity (Wildman–Crippen MR) is 141 cm³/mol. The molecule has 204 valence electrons. The average Bonchev–Trinajstić information content (AvgIpc) is 3.20. The Balaban J connectivity index is 1.79. The summed E-state index contributed by atoms with van der Waals surface area (Å²) in [6, 6.07) is 3.92. The smallest absolute Gasteiger partial charge is 0.407 e. The van der Waals surface area contributed by atoms with Gasteiger partial charge in [0.05, 0.1) is 11.8 Å². The van der Waals surface area contributed by atoms with Gasteiger partial charge >= 0.3 is 6.09 Å². The Morgan fingerprint density at radius 3 is 2.70 bits per heavy atom. The van der Waals surface area contributed by atoms with Gasteiger partial charge in [-0.15, -0.1) is 0 Å². The normalized spacial score (nSPS) is 19.6. The number of alkyl carbamates (subject to hydrolysis) is 1. The molecular weight excluding hydrogens is 477 g/mol. The molecule has 1 fully saturated rings. The minimum Gasteiger partial charge on any atom is -0.451 e. The van der Waals surface area contributed by atoms with Crippen molar-refractivity contribution in [2.45, 2.75) is 66.5 Å². The number of carbonyl (C=O) groups is 2. The molecule has 9 nitrogen and oxygen atoms in total. The molecule has 0 saturated carbocycles. The highest BCUT2D eigenvalue weighted by molar-refractivity contribution is 5.97. The number of aliphatic imine (C=N–C) groups is 1. The monoisotopic (exact) mass is 517 g/mol. The van der Waals surface area contributed by atoms with E-state index in [1.54, 1.807) is 11.1 Å². The first-order valence-corrected chi connectivity index (χ1v) is 12.8. The quantitative estimate of drug-likeness (QED) is 0.539. The van der Waals surface area contributed by atoms with E-state index >= 15 is 0 Å². The van der Waals surface area contributed by atoms with Crippen molar-refractivity contribution in [3.8, 4) is 5.75 Å². The van der Waals surface area contributed by atoms with Crippen LogP contribution < -0.4 is 15.4 Å². The van der Waals surface area contributed by atoms with Gasteiger partial charge in [-0.2, -0.15) is 0 Å². The third kappa shape index (κ3) is 7.36. The number of hydrogen-bond acceptors (Lipinski definition) is 7. The van der Waals surface area contributed by atoms with Gasteiger partial charge in [0.15, 0.2) is 5.76 Å². The lowest BCUT2D eigenvalue weighted by molar-refractivity contribution is 0.0504. The molecule has 0 spiro atoms. The maximum absolute atomic E-state index is 14.2. The van der Waals surface area contributed by atoms with Crippen LogP contribution in [0.2, 0.25) is 0 Å². The van der Waals surface area contributed by atoms with E-state index in [1.807, 2.05) is 41.5 Å². The SMILES string of the molecule is CCN(C(=O)c1cc(F)ccc1OC1=C(N2CC[C@](C)(CNC(=O)OC(C)(C)C)C2)NCN=C1)C(C)C. The van der Waals surface area contributed by atoms with Crippen LogP contribution >= 0.6 is 0 Å². The molecule has 0 radical (unpaired) electrons. The molecule has 2 amide bonds. The van der Waals surface area contributed by atoms with Gasteiger partial charge in [-0.05, 0) is 66.2 Å². The number of halogens is 1. The van der Waals surface area contributed by atoms with Crippen molar-refractivity contribution in [1.29, 1.82) is 0 Å². The molecule has 0 aromatic heterocycles. The maximum Gasteiger partial charge on any atom is 0.407 e. The second-order valence-corrected chi connectivity index (χ2v) is 11.1. The average molecular weight is 518 g/mol. The fraction of sp³-hybridized carbons (Fsp3) is 0.593. The van der Waals surface area contributed by atoms with Gasteiger partial charge in [-0.25, -0.2) is 9.18 Å². The largest absolute Gasteiger partial charge is 0.451 e. The van der Waals surface area contributed by atoms with E-state index < -0.39 is 17.5 Å². The molecule has 1 aromatic carbocycles. The standard InChI is InChI=1S/C27H40FN5O4/c1-8-33(18(2)3)24(34)20-13-19(28)9-10-21(20)36-22-14-29-17-31-23(22)32-12-11-27(7,16-32)15-30-25(35)37-26(4,5)6/h9-10,13-14,18,31H,8,11-12,15-17H2,1-7H3,(H,30,35)/t27-/m1/s1. The van der Waals surface area contributed by atoms with E-state index in [-0.39, 0.29) is 28.7 Å². The minimum absolute atomic E-state index is 0.0436. The maximum atomic E-state index is 14.2. The summed E-state index contributed by atoms with van der Waals surface area (Å²) >= 11 is 0. The van der Waals surface area contributed by atoms with Crippen LogP contribution in [0.5, 0.6) is 5.75 Å². The van der Waals surface area contributed by atoms with Crippen molar-refractivity contribution in [3.05, 3.63) is 41.2 Å². The lowest BCUT2D eigenvalue weighted by Gasteiger charge is -2.30. The second-order valence-electron chi connectivity index (χ2n) is 11.1. The molecule has 1 atom stereocenters. The summed E-state index contributed by atoms with van der Waals surface area (Å²) in [5.41, 5.74) is -0.575. The summed E-state index contributed by atoms with van der Waals surface area (Å²) in [6.45, 7) is 16.1. The van der Waals surface area contributed by atoms with E-state index in [9.17, 15) is 14.0 Å². The number of ether oxygens (including phenoxy) is 2. The highest BCUT2D eigenvalue weighted by atomic mass is 19.1.